The molecule has 0 spiro atoms. The summed E-state index contributed by atoms with van der Waals surface area (Å²) in [5, 5.41) is 18.7. The minimum absolute atomic E-state index is 0.114. The smallest absolute Gasteiger partial charge is 0.318 e. The van der Waals surface area contributed by atoms with Crippen LogP contribution in [-0.4, -0.2) is 168 Å². The molecule has 8 heterocycles. The lowest BCUT2D eigenvalue weighted by Crippen LogP contribution is -2.57. The molecule has 103 heavy (non-hydrogen) atoms. The Morgan fingerprint density at radius 3 is 1.37 bits per heavy atom. The first-order valence-corrected chi connectivity index (χ1v) is 40.3. The van der Waals surface area contributed by atoms with Gasteiger partial charge in [-0.1, -0.05) is 58.4 Å². The maximum absolute atomic E-state index is 14.2. The number of ether oxygens (including phenoxy) is 4. The molecule has 0 radical (unpaired) electrons. The van der Waals surface area contributed by atoms with E-state index in [1.54, 1.807) is 28.1 Å². The van der Waals surface area contributed by atoms with Gasteiger partial charge < -0.3 is 50.0 Å². The topological polar surface area (TPSA) is 338 Å². The maximum atomic E-state index is 14.2. The number of carbonyl (C=O) groups is 6. The summed E-state index contributed by atoms with van der Waals surface area (Å²) in [7, 11) is -4.68. The number of hydrogen-bond acceptors (Lipinski definition) is 20. The summed E-state index contributed by atoms with van der Waals surface area (Å²) in [6.07, 6.45) is 14.9. The number of urea groups is 2. The van der Waals surface area contributed by atoms with Crippen LogP contribution in [0.3, 0.4) is 0 Å². The predicted molar refractivity (Wildman–Crippen MR) is 391 cm³/mol. The molecule has 0 bridgehead atoms. The summed E-state index contributed by atoms with van der Waals surface area (Å²) in [6.45, 7) is 12.7. The first-order chi connectivity index (χ1) is 49.1. The van der Waals surface area contributed by atoms with Crippen molar-refractivity contribution in [3.05, 3.63) is 95.0 Å². The third-order valence-corrected chi connectivity index (χ3v) is 27.3. The number of pyridine rings is 2. The summed E-state index contributed by atoms with van der Waals surface area (Å²) in [4.78, 5) is 105. The Hall–Kier alpha value is -8.48. The minimum atomic E-state index is -3.94. The van der Waals surface area contributed by atoms with Crippen molar-refractivity contribution in [2.24, 2.45) is 11.8 Å². The van der Waals surface area contributed by atoms with Gasteiger partial charge in [-0.3, -0.25) is 28.6 Å². The van der Waals surface area contributed by atoms with E-state index >= 15 is 0 Å². The summed E-state index contributed by atoms with van der Waals surface area (Å²) in [6, 6.07) is 12.0. The van der Waals surface area contributed by atoms with Gasteiger partial charge in [-0.05, 0) is 127 Å². The second-order valence-corrected chi connectivity index (χ2v) is 35.6. The standard InChI is InChI=1S/C37H46N6O7S2.C36H44N6O7S2/c1-22(2)29-21-51-33(40-29)28-18-31(26-12-11-24(49-4)16-27(26)39-28)50-25-17-30-32(44)41-37(34(45)42-52(47,48)36(3)13-14-36)19-23(37)10-8-6-5-7-9-15-38-35(46)43(30)20-25;1-21(2)28-20-50-32(39-28)27-17-30(25-11-10-23(48-4)15-26(25)38-27)49-24-16-29-31(43)40-36(33(44)41-51(46,47)35(3)12-13-35)18-22(36)9-7-5-6-8-14-37-34(45)42(29)19-24/h8,10-12,16,18,21-23,25,30H,5-7,9,13-15,17,19-20H2,1-4H3,(H,38,46)(H,41,44)(H,42,45);7,9-11,15,17,20-22,24,29H,5-6,8,12-14,16,18-19H2,1-4H3,(H,37,45)(H,40,43)(H,41,44)/b10-8-;9-7-/t23-,25-,30+,37-;22-,24-,29+,36-/m11/s1. The molecule has 550 valence electrons. The monoisotopic (exact) mass is 1490 g/mol. The van der Waals surface area contributed by atoms with Crippen molar-refractivity contribution in [1.29, 1.82) is 0 Å². The number of rotatable bonds is 16. The van der Waals surface area contributed by atoms with E-state index in [2.05, 4.69) is 58.4 Å². The van der Waals surface area contributed by atoms with Crippen LogP contribution in [0.5, 0.6) is 23.0 Å². The Bertz CT molecular complexity index is 4610. The van der Waals surface area contributed by atoms with Crippen molar-refractivity contribution in [1.82, 2.24) is 60.4 Å². The number of nitrogens with zero attached hydrogens (tertiary/aromatic N) is 6. The van der Waals surface area contributed by atoms with E-state index in [0.717, 1.165) is 77.1 Å². The zero-order chi connectivity index (χ0) is 73.0. The van der Waals surface area contributed by atoms with Crippen LogP contribution in [0, 0.1) is 11.8 Å². The van der Waals surface area contributed by atoms with E-state index in [1.807, 2.05) is 83.6 Å². The number of methoxy groups -OCH3 is 2. The van der Waals surface area contributed by atoms with Gasteiger partial charge in [0.25, 0.3) is 11.8 Å². The number of amides is 8. The average Bonchev–Trinajstić information content (AvgIpc) is 1.57. The first kappa shape index (κ1) is 72.9. The molecule has 6 N–H and O–H groups in total. The van der Waals surface area contributed by atoms with Gasteiger partial charge >= 0.3 is 12.1 Å². The quantitative estimate of drug-likeness (QED) is 0.0491. The van der Waals surface area contributed by atoms with Gasteiger partial charge in [0, 0.05) is 83.6 Å². The summed E-state index contributed by atoms with van der Waals surface area (Å²) >= 11 is 3.00. The second kappa shape index (κ2) is 28.9. The zero-order valence-corrected chi connectivity index (χ0v) is 62.4. The molecule has 8 amide bonds. The predicted octanol–water partition coefficient (Wildman–Crippen LogP) is 9.66. The average molecular weight is 1490 g/mol. The third-order valence-electron chi connectivity index (χ3n) is 21.2. The number of hydrogen-bond donors (Lipinski definition) is 6. The normalized spacial score (nSPS) is 26.7. The molecule has 4 aromatic heterocycles. The largest absolute Gasteiger partial charge is 0.497 e. The van der Waals surface area contributed by atoms with E-state index in [1.165, 1.54) is 32.5 Å². The van der Waals surface area contributed by atoms with E-state index in [9.17, 15) is 45.6 Å². The van der Waals surface area contributed by atoms with Crippen LogP contribution in [0.2, 0.25) is 0 Å². The van der Waals surface area contributed by atoms with Gasteiger partial charge in [0.2, 0.25) is 31.9 Å². The molecule has 4 aliphatic heterocycles. The van der Waals surface area contributed by atoms with Crippen LogP contribution in [0.4, 0.5) is 9.59 Å². The molecular weight excluding hydrogens is 1400 g/mol. The van der Waals surface area contributed by atoms with E-state index in [4.69, 9.17) is 38.9 Å². The van der Waals surface area contributed by atoms with Crippen molar-refractivity contribution in [3.8, 4) is 44.4 Å². The second-order valence-electron chi connectivity index (χ2n) is 29.5. The molecule has 30 heteroatoms. The highest BCUT2D eigenvalue weighted by molar-refractivity contribution is 7.92. The Morgan fingerprint density at radius 1 is 0.573 bits per heavy atom. The number of thiazole rings is 2. The molecule has 4 saturated carbocycles. The molecule has 8 aliphatic rings. The highest BCUT2D eigenvalue weighted by atomic mass is 32.2. The van der Waals surface area contributed by atoms with E-state index in [-0.39, 0.29) is 62.4 Å². The molecule has 4 aliphatic carbocycles. The molecule has 14 rings (SSSR count). The lowest BCUT2D eigenvalue weighted by molar-refractivity contribution is -0.131. The summed E-state index contributed by atoms with van der Waals surface area (Å²) in [5.74, 6) is -0.492. The fraction of sp³-hybridized carbons (Fsp3) is 0.534. The maximum Gasteiger partial charge on any atom is 0.318 e. The van der Waals surface area contributed by atoms with E-state index < -0.39 is 101 Å². The number of aromatic nitrogens is 4. The first-order valence-electron chi connectivity index (χ1n) is 35.6. The molecular formula is C73H90N12O14S4. The Balaban J connectivity index is 0.000000183. The number of sulfonamides is 2. The lowest BCUT2D eigenvalue weighted by atomic mass is 10.1. The molecule has 2 saturated heterocycles. The van der Waals surface area contributed by atoms with Crippen molar-refractivity contribution in [2.75, 3.05) is 40.4 Å². The van der Waals surface area contributed by atoms with Crippen molar-refractivity contribution >= 4 is 100 Å². The van der Waals surface area contributed by atoms with Crippen LogP contribution < -0.4 is 49.7 Å². The number of benzene rings is 2. The van der Waals surface area contributed by atoms with Crippen LogP contribution in [0.15, 0.2) is 83.6 Å². The van der Waals surface area contributed by atoms with Gasteiger partial charge in [0.05, 0.1) is 59.2 Å². The zero-order valence-electron chi connectivity index (χ0n) is 59.2. The van der Waals surface area contributed by atoms with Crippen LogP contribution in [0.25, 0.3) is 43.2 Å². The molecule has 6 aromatic rings. The van der Waals surface area contributed by atoms with Gasteiger partial charge in [-0.25, -0.2) is 46.4 Å². The van der Waals surface area contributed by atoms with Gasteiger partial charge in [0.15, 0.2) is 0 Å². The minimum Gasteiger partial charge on any atom is -0.497 e. The fourth-order valence-corrected chi connectivity index (χ4v) is 18.1. The highest BCUT2D eigenvalue weighted by Crippen LogP contribution is 2.50. The van der Waals surface area contributed by atoms with Gasteiger partial charge in [-0.2, -0.15) is 0 Å². The number of carbonyl (C=O) groups excluding carboxylic acids is 6. The van der Waals surface area contributed by atoms with Crippen molar-refractivity contribution in [3.63, 3.8) is 0 Å². The SMILES string of the molecule is COc1ccc2c(O[C@@H]3C[C@H]4C(=O)N[C@]5(C(=O)NS(=O)(=O)C6(C)CC6)C[C@H]5/C=C\CCCCCNC(=O)N4C3)cc(-c3nc(C(C)C)cs3)nc2c1.COc1ccc2c(O[C@@H]3C[C@H]4C(=O)N[C@]5(C(=O)NS(=O)(=O)C6(C)CC6)C[C@H]5/C=C\CCCCNC(=O)N4C3)cc(-c3nc(C(C)C)cs3)nc2c1. The third kappa shape index (κ3) is 15.3. The van der Waals surface area contributed by atoms with Crippen LogP contribution in [0.1, 0.15) is 161 Å². The summed E-state index contributed by atoms with van der Waals surface area (Å²) < 4.78 is 79.0. The number of allylic oxidation sites excluding steroid dienone is 2. The number of nitrogens with one attached hydrogen (secondary N) is 6. The lowest BCUT2D eigenvalue weighted by Gasteiger charge is -2.27. The van der Waals surface area contributed by atoms with Gasteiger partial charge in [0.1, 0.15) is 79.8 Å². The molecule has 2 aromatic carbocycles. The highest BCUT2D eigenvalue weighted by Gasteiger charge is 2.65. The fourth-order valence-electron chi connectivity index (χ4n) is 13.6. The van der Waals surface area contributed by atoms with Gasteiger partial charge in [-0.15, -0.1) is 22.7 Å². The Morgan fingerprint density at radius 2 is 0.981 bits per heavy atom. The molecule has 6 fully saturated rings. The Kier molecular flexibility index (Phi) is 20.4. The van der Waals surface area contributed by atoms with Crippen molar-refractivity contribution in [2.45, 2.75) is 195 Å². The molecule has 26 nitrogen and oxygen atoms in total. The summed E-state index contributed by atoms with van der Waals surface area (Å²) in [5.41, 5.74) is 1.61. The molecule has 8 atom stereocenters. The van der Waals surface area contributed by atoms with E-state index in [0.29, 0.717) is 84.2 Å². The van der Waals surface area contributed by atoms with Crippen LogP contribution >= 0.6 is 22.7 Å². The van der Waals surface area contributed by atoms with Crippen LogP contribution in [-0.2, 0) is 39.2 Å². The molecule has 0 unspecified atom stereocenters. The Labute approximate surface area is 607 Å². The van der Waals surface area contributed by atoms with Crippen molar-refractivity contribution < 1.29 is 64.6 Å². The number of fused-ring (bicyclic) bond motifs is 6.